The number of H-pyrrole nitrogens is 1. The number of benzene rings is 2. The van der Waals surface area contributed by atoms with Crippen molar-refractivity contribution in [3.63, 3.8) is 0 Å². The normalized spacial score (nSPS) is 19.6. The molecule has 5 atom stereocenters. The first-order valence-electron chi connectivity index (χ1n) is 30.0. The second kappa shape index (κ2) is 26.1. The predicted molar refractivity (Wildman–Crippen MR) is 324 cm³/mol. The van der Waals surface area contributed by atoms with Gasteiger partial charge in [0.1, 0.15) is 52.3 Å². The van der Waals surface area contributed by atoms with Gasteiger partial charge in [-0.2, -0.15) is 5.10 Å². The van der Waals surface area contributed by atoms with Crippen LogP contribution in [0.4, 0.5) is 22.2 Å². The number of aromatic amines is 1. The molecule has 2 aliphatic heterocycles. The van der Waals surface area contributed by atoms with Crippen LogP contribution in [0.5, 0.6) is 5.75 Å². The monoisotopic (exact) mass is 1190 g/mol. The Morgan fingerprint density at radius 1 is 0.871 bits per heavy atom. The Bertz CT molecular complexity index is 3350. The fourth-order valence-corrected chi connectivity index (χ4v) is 13.1. The molecule has 5 heterocycles. The summed E-state index contributed by atoms with van der Waals surface area (Å²) in [6.45, 7) is 19.6. The van der Waals surface area contributed by atoms with E-state index in [9.17, 15) is 27.6 Å². The number of carbonyl (C=O) groups excluding carboxylic acids is 5. The number of aryl methyl sites for hydroxylation is 2. The molecule has 0 spiro atoms. The summed E-state index contributed by atoms with van der Waals surface area (Å²) < 4.78 is 38.8. The zero-order chi connectivity index (χ0) is 61.0. The molecule has 458 valence electrons. The molecule has 3 fully saturated rings. The molecule has 5 amide bonds. The summed E-state index contributed by atoms with van der Waals surface area (Å²) in [5.74, 6) is 0.156. The number of ether oxygens (including phenoxy) is 2. The van der Waals surface area contributed by atoms with Crippen LogP contribution < -0.4 is 30.9 Å². The Balaban J connectivity index is 0.824. The van der Waals surface area contributed by atoms with Crippen LogP contribution in [0.15, 0.2) is 66.0 Å². The van der Waals surface area contributed by atoms with Crippen molar-refractivity contribution < 1.29 is 41.9 Å². The summed E-state index contributed by atoms with van der Waals surface area (Å²) in [6.07, 6.45) is 9.87. The van der Waals surface area contributed by atoms with Crippen molar-refractivity contribution in [1.82, 2.24) is 55.8 Å². The van der Waals surface area contributed by atoms with Gasteiger partial charge in [0.15, 0.2) is 15.7 Å². The van der Waals surface area contributed by atoms with E-state index in [1.165, 1.54) is 23.8 Å². The molecule has 9 rings (SSSR count). The average Bonchev–Trinajstić information content (AvgIpc) is 2.24. The Labute approximate surface area is 499 Å². The van der Waals surface area contributed by atoms with Gasteiger partial charge in [-0.15, -0.1) is 0 Å². The highest BCUT2D eigenvalue weighted by atomic mass is 32.2. The number of rotatable bonds is 18. The van der Waals surface area contributed by atoms with E-state index in [2.05, 4.69) is 57.3 Å². The van der Waals surface area contributed by atoms with E-state index in [4.69, 9.17) is 14.5 Å². The minimum absolute atomic E-state index is 0.0449. The Morgan fingerprint density at radius 3 is 2.29 bits per heavy atom. The molecule has 0 radical (unpaired) electrons. The molecule has 0 bridgehead atoms. The third-order valence-corrected chi connectivity index (χ3v) is 19.6. The number of hydrogen-bond acceptors (Lipinski definition) is 16. The number of nitrogens with one attached hydrogen (secondary N) is 5. The van der Waals surface area contributed by atoms with E-state index in [-0.39, 0.29) is 54.0 Å². The number of nitrogens with zero attached hydrogens (tertiary/aromatic N) is 8. The van der Waals surface area contributed by atoms with Crippen LogP contribution in [-0.4, -0.2) is 165 Å². The van der Waals surface area contributed by atoms with Gasteiger partial charge in [-0.3, -0.25) is 34.1 Å². The lowest BCUT2D eigenvalue weighted by atomic mass is 9.83. The molecule has 22 nitrogen and oxygen atoms in total. The van der Waals surface area contributed by atoms with Gasteiger partial charge < -0.3 is 40.5 Å². The van der Waals surface area contributed by atoms with Crippen LogP contribution in [0.25, 0.3) is 10.9 Å². The average molecular weight is 1190 g/mol. The summed E-state index contributed by atoms with van der Waals surface area (Å²) in [4.78, 5) is 91.9. The highest BCUT2D eigenvalue weighted by molar-refractivity contribution is 7.92. The van der Waals surface area contributed by atoms with E-state index >= 15 is 4.79 Å². The van der Waals surface area contributed by atoms with Crippen LogP contribution >= 0.6 is 0 Å². The number of anilines is 3. The van der Waals surface area contributed by atoms with Gasteiger partial charge >= 0.3 is 6.09 Å². The SMILES string of the molecule is Cc1[nH]nc(Nc2ncnc3cc(OCCCN4CCN(c5ccc(C(=O)N[C@H]6C[C@@H](C(=O)N[C@@H]7CCCc8ccccc87)N(C(=O)[C@@H](NC(=O)[C@H](C)N(C)C(=O)OC(C)(C)C)C7CCCCC7)C6)cn5)CC4)c(S(=O)(=O)C(C)(C)C)cc23)c1C. The molecule has 5 aromatic rings. The fraction of sp³-hybridized carbons (Fsp3) is 0.565. The van der Waals surface area contributed by atoms with E-state index in [0.717, 1.165) is 80.8 Å². The van der Waals surface area contributed by atoms with E-state index in [0.29, 0.717) is 60.5 Å². The molecule has 23 heteroatoms. The maximum Gasteiger partial charge on any atom is 0.410 e. The topological polar surface area (TPSA) is 266 Å². The van der Waals surface area contributed by atoms with E-state index < -0.39 is 62.3 Å². The number of fused-ring (bicyclic) bond motifs is 2. The Morgan fingerprint density at radius 2 is 1.61 bits per heavy atom. The lowest BCUT2D eigenvalue weighted by Gasteiger charge is -2.36. The molecule has 0 unspecified atom stereocenters. The smallest absolute Gasteiger partial charge is 0.410 e. The first kappa shape index (κ1) is 62.1. The van der Waals surface area contributed by atoms with Crippen molar-refractivity contribution in [2.75, 3.05) is 63.1 Å². The molecule has 4 aliphatic rings. The number of amides is 5. The van der Waals surface area contributed by atoms with Gasteiger partial charge in [0.05, 0.1) is 28.5 Å². The molecular formula is C62H85N13O9S. The summed E-state index contributed by atoms with van der Waals surface area (Å²) >= 11 is 0. The van der Waals surface area contributed by atoms with Crippen molar-refractivity contribution in [1.29, 1.82) is 0 Å². The zero-order valence-electron chi connectivity index (χ0n) is 50.9. The van der Waals surface area contributed by atoms with Gasteiger partial charge in [-0.05, 0) is 143 Å². The second-order valence-electron chi connectivity index (χ2n) is 25.3. The van der Waals surface area contributed by atoms with Crippen molar-refractivity contribution in [3.05, 3.63) is 89.0 Å². The largest absolute Gasteiger partial charge is 0.492 e. The number of piperazine rings is 1. The second-order valence-corrected chi connectivity index (χ2v) is 27.9. The van der Waals surface area contributed by atoms with Crippen LogP contribution in [0.3, 0.4) is 0 Å². The number of likely N-dealkylation sites (tertiary alicyclic amines) is 1. The first-order chi connectivity index (χ1) is 40.4. The molecular weight excluding hydrogens is 1100 g/mol. The summed E-state index contributed by atoms with van der Waals surface area (Å²) in [6, 6.07) is 11.2. The predicted octanol–water partition coefficient (Wildman–Crippen LogP) is 7.49. The standard InChI is InChI=1S/C62H85N13O9S/c1-38-39(2)70-71-54(38)69-55-46-33-51(85(81,82)62(7,8)9)50(34-48(46)64-37-65-55)83-31-17-26-73-27-29-74(30-28-73)52-25-24-43(35-63-52)57(77)66-44-32-49(58(78)67-47-23-16-21-41-18-14-15-22-45(41)47)75(36-44)59(79)53(42-19-12-11-13-20-42)68-56(76)40(3)72(10)60(80)84-61(4,5)6/h14-15,18,22,24-25,33-35,37,40,42,44,47,49,53H,11-13,16-17,19-21,23,26-32,36H2,1-10H3,(H,66,77)(H,67,78)(H,68,76)(H2,64,65,69,70,71)/t40-,44-,47+,49-,53-/m0/s1. The number of pyridine rings is 1. The molecule has 2 aliphatic carbocycles. The van der Waals surface area contributed by atoms with Gasteiger partial charge in [0.25, 0.3) is 5.91 Å². The highest BCUT2D eigenvalue weighted by Gasteiger charge is 2.46. The Kier molecular flexibility index (Phi) is 19.1. The molecule has 1 saturated carbocycles. The van der Waals surface area contributed by atoms with E-state index in [1.54, 1.807) is 77.8 Å². The zero-order valence-corrected chi connectivity index (χ0v) is 51.7. The van der Waals surface area contributed by atoms with Gasteiger partial charge in [-0.1, -0.05) is 43.5 Å². The lowest BCUT2D eigenvalue weighted by molar-refractivity contribution is -0.143. The third-order valence-electron chi connectivity index (χ3n) is 17.1. The maximum absolute atomic E-state index is 15.2. The Hall–Kier alpha value is -7.40. The summed E-state index contributed by atoms with van der Waals surface area (Å²) in [5.41, 5.74) is 4.13. The summed E-state index contributed by atoms with van der Waals surface area (Å²) in [7, 11) is -2.36. The number of carbonyl (C=O) groups is 5. The molecule has 2 saturated heterocycles. The summed E-state index contributed by atoms with van der Waals surface area (Å²) in [5, 5.41) is 20.5. The van der Waals surface area contributed by atoms with Gasteiger partial charge in [-0.25, -0.2) is 28.2 Å². The van der Waals surface area contributed by atoms with Crippen LogP contribution in [0.2, 0.25) is 0 Å². The molecule has 2 aromatic carbocycles. The first-order valence-corrected chi connectivity index (χ1v) is 31.5. The van der Waals surface area contributed by atoms with Crippen LogP contribution in [-0.2, 0) is 35.4 Å². The van der Waals surface area contributed by atoms with Gasteiger partial charge in [0.2, 0.25) is 17.7 Å². The maximum atomic E-state index is 15.2. The van der Waals surface area contributed by atoms with Crippen molar-refractivity contribution >= 4 is 67.9 Å². The van der Waals surface area contributed by atoms with Crippen LogP contribution in [0, 0.1) is 19.8 Å². The number of hydrogen-bond donors (Lipinski definition) is 5. The minimum Gasteiger partial charge on any atom is -0.492 e. The third kappa shape index (κ3) is 14.5. The van der Waals surface area contributed by atoms with E-state index in [1.807, 2.05) is 38.1 Å². The minimum atomic E-state index is -3.86. The number of likely N-dealkylation sites (N-methyl/N-ethyl adjacent to an activating group) is 1. The van der Waals surface area contributed by atoms with Crippen molar-refractivity contribution in [3.8, 4) is 5.75 Å². The molecule has 5 N–H and O–H groups in total. The number of aromatic nitrogens is 5. The highest BCUT2D eigenvalue weighted by Crippen LogP contribution is 2.38. The van der Waals surface area contributed by atoms with Crippen LogP contribution in [0.1, 0.15) is 145 Å². The molecule has 3 aromatic heterocycles. The van der Waals surface area contributed by atoms with Crippen molar-refractivity contribution in [2.24, 2.45) is 5.92 Å². The van der Waals surface area contributed by atoms with Crippen molar-refractivity contribution in [2.45, 2.75) is 172 Å². The number of sulfone groups is 1. The van der Waals surface area contributed by atoms with Gasteiger partial charge in [0, 0.05) is 81.3 Å². The lowest BCUT2D eigenvalue weighted by Crippen LogP contribution is -2.59. The molecule has 85 heavy (non-hydrogen) atoms. The fourth-order valence-electron chi connectivity index (χ4n) is 11.8. The quantitative estimate of drug-likeness (QED) is 0.0532.